The van der Waals surface area contributed by atoms with E-state index >= 15 is 0 Å². The first-order valence-corrected chi connectivity index (χ1v) is 13.7. The minimum atomic E-state index is -0.633. The maximum Gasteiger partial charge on any atom is 0.163 e. The molecule has 2 N–H and O–H groups in total. The standard InChI is InChI=1S/C27H31ClN6O3S/c1-14-25(24-15(2)33-37-16(24)3)31-26(20-10-19(6-7-21(20)28)36-13-18(35)11-29-5)32-27(14)34-9-8-22-23(12-34)38-17(4)30-22/h6-7,10,18,29,35H,8-9,11-13H2,1-5H3/t18-/m1/s1. The third-order valence-corrected chi connectivity index (χ3v) is 7.92. The van der Waals surface area contributed by atoms with Crippen LogP contribution in [0.15, 0.2) is 22.7 Å². The molecule has 4 aromatic rings. The van der Waals surface area contributed by atoms with Crippen molar-refractivity contribution < 1.29 is 14.4 Å². The topological polar surface area (TPSA) is 109 Å². The zero-order valence-electron chi connectivity index (χ0n) is 22.1. The summed E-state index contributed by atoms with van der Waals surface area (Å²) in [5.74, 6) is 2.60. The van der Waals surface area contributed by atoms with Crippen molar-refractivity contribution in [3.05, 3.63) is 55.8 Å². The van der Waals surface area contributed by atoms with E-state index in [-0.39, 0.29) is 6.61 Å². The van der Waals surface area contributed by atoms with Gasteiger partial charge in [-0.3, -0.25) is 0 Å². The lowest BCUT2D eigenvalue weighted by atomic mass is 10.0. The van der Waals surface area contributed by atoms with E-state index < -0.39 is 6.10 Å². The highest BCUT2D eigenvalue weighted by molar-refractivity contribution is 7.11. The van der Waals surface area contributed by atoms with E-state index in [0.717, 1.165) is 52.9 Å². The van der Waals surface area contributed by atoms with Gasteiger partial charge in [0.25, 0.3) is 0 Å². The van der Waals surface area contributed by atoms with Crippen LogP contribution in [0.25, 0.3) is 22.6 Å². The summed E-state index contributed by atoms with van der Waals surface area (Å²) >= 11 is 8.42. The van der Waals surface area contributed by atoms with Gasteiger partial charge in [-0.25, -0.2) is 15.0 Å². The first kappa shape index (κ1) is 26.6. The van der Waals surface area contributed by atoms with Crippen LogP contribution in [-0.4, -0.2) is 58.1 Å². The molecule has 4 heterocycles. The Labute approximate surface area is 230 Å². The van der Waals surface area contributed by atoms with Crippen LogP contribution < -0.4 is 15.0 Å². The number of nitrogens with zero attached hydrogens (tertiary/aromatic N) is 5. The van der Waals surface area contributed by atoms with Gasteiger partial charge in [-0.05, 0) is 52.9 Å². The van der Waals surface area contributed by atoms with Gasteiger partial charge in [0.05, 0.1) is 39.2 Å². The van der Waals surface area contributed by atoms with Crippen molar-refractivity contribution in [2.24, 2.45) is 0 Å². The van der Waals surface area contributed by atoms with Gasteiger partial charge in [0, 0.05) is 35.5 Å². The number of halogens is 1. The van der Waals surface area contributed by atoms with Crippen LogP contribution >= 0.6 is 22.9 Å². The molecule has 1 atom stereocenters. The largest absolute Gasteiger partial charge is 0.491 e. The van der Waals surface area contributed by atoms with E-state index in [4.69, 9.17) is 35.8 Å². The third-order valence-electron chi connectivity index (χ3n) is 6.59. The number of benzene rings is 1. The van der Waals surface area contributed by atoms with Crippen LogP contribution in [0.4, 0.5) is 5.82 Å². The van der Waals surface area contributed by atoms with Crippen LogP contribution in [0, 0.1) is 27.7 Å². The molecule has 0 unspecified atom stereocenters. The van der Waals surface area contributed by atoms with Gasteiger partial charge in [-0.2, -0.15) is 0 Å². The summed E-state index contributed by atoms with van der Waals surface area (Å²) in [6.07, 6.45) is 0.227. The molecule has 0 bridgehead atoms. The summed E-state index contributed by atoms with van der Waals surface area (Å²) in [5.41, 5.74) is 5.16. The van der Waals surface area contributed by atoms with Crippen molar-refractivity contribution >= 4 is 28.8 Å². The number of nitrogens with one attached hydrogen (secondary N) is 1. The molecule has 5 rings (SSSR count). The lowest BCUT2D eigenvalue weighted by molar-refractivity contribution is 0.108. The van der Waals surface area contributed by atoms with E-state index in [1.165, 1.54) is 10.6 Å². The highest BCUT2D eigenvalue weighted by Crippen LogP contribution is 2.38. The van der Waals surface area contributed by atoms with Crippen LogP contribution in [-0.2, 0) is 13.0 Å². The molecule has 1 aromatic carbocycles. The molecular formula is C27H31ClN6O3S. The highest BCUT2D eigenvalue weighted by atomic mass is 35.5. The summed E-state index contributed by atoms with van der Waals surface area (Å²) in [6.45, 7) is 10.0. The first-order valence-electron chi connectivity index (χ1n) is 12.5. The summed E-state index contributed by atoms with van der Waals surface area (Å²) in [4.78, 5) is 18.3. The molecular weight excluding hydrogens is 524 g/mol. The average molecular weight is 555 g/mol. The van der Waals surface area contributed by atoms with E-state index in [9.17, 15) is 5.11 Å². The van der Waals surface area contributed by atoms with Crippen molar-refractivity contribution in [2.45, 2.75) is 46.8 Å². The minimum Gasteiger partial charge on any atom is -0.491 e. The number of aliphatic hydroxyl groups is 1. The quantitative estimate of drug-likeness (QED) is 0.321. The van der Waals surface area contributed by atoms with Crippen molar-refractivity contribution in [1.82, 2.24) is 25.4 Å². The Kier molecular flexibility index (Phi) is 7.67. The Morgan fingerprint density at radius 1 is 1.21 bits per heavy atom. The van der Waals surface area contributed by atoms with Crippen LogP contribution in [0.3, 0.4) is 0 Å². The van der Waals surface area contributed by atoms with Gasteiger partial charge in [-0.15, -0.1) is 11.3 Å². The molecule has 0 radical (unpaired) electrons. The summed E-state index contributed by atoms with van der Waals surface area (Å²) in [7, 11) is 1.78. The van der Waals surface area contributed by atoms with E-state index in [2.05, 4.69) is 15.4 Å². The fourth-order valence-corrected chi connectivity index (χ4v) is 5.96. The Bertz CT molecular complexity index is 1450. The Hall–Kier alpha value is -3.05. The number of aliphatic hydroxyl groups excluding tert-OH is 1. The summed E-state index contributed by atoms with van der Waals surface area (Å²) in [5, 5.41) is 18.8. The van der Waals surface area contributed by atoms with Gasteiger partial charge >= 0.3 is 0 Å². The highest BCUT2D eigenvalue weighted by Gasteiger charge is 2.27. The fraction of sp³-hybridized carbons (Fsp3) is 0.407. The number of hydrogen-bond acceptors (Lipinski definition) is 10. The predicted octanol–water partition coefficient (Wildman–Crippen LogP) is 4.66. The van der Waals surface area contributed by atoms with E-state index in [1.54, 1.807) is 30.5 Å². The second-order valence-corrected chi connectivity index (χ2v) is 11.2. The molecule has 38 heavy (non-hydrogen) atoms. The number of likely N-dealkylation sites (N-methyl/N-ethyl adjacent to an activating group) is 1. The fourth-order valence-electron chi connectivity index (χ4n) is 4.76. The number of aromatic nitrogens is 4. The number of aryl methyl sites for hydroxylation is 3. The molecule has 0 aliphatic carbocycles. The lowest BCUT2D eigenvalue weighted by Gasteiger charge is -2.29. The smallest absolute Gasteiger partial charge is 0.163 e. The lowest BCUT2D eigenvalue weighted by Crippen LogP contribution is -2.31. The van der Waals surface area contributed by atoms with Crippen molar-refractivity contribution in [1.29, 1.82) is 0 Å². The Balaban J connectivity index is 1.60. The average Bonchev–Trinajstić information content (AvgIpc) is 3.43. The molecule has 3 aromatic heterocycles. The second kappa shape index (κ2) is 11.0. The predicted molar refractivity (Wildman–Crippen MR) is 149 cm³/mol. The SMILES string of the molecule is CNC[C@@H](O)COc1ccc(Cl)c(-c2nc(-c3c(C)noc3C)c(C)c(N3CCc4nc(C)sc4C3)n2)c1. The summed E-state index contributed by atoms with van der Waals surface area (Å²) < 4.78 is 11.3. The molecule has 1 aliphatic heterocycles. The maximum atomic E-state index is 10.1. The maximum absolute atomic E-state index is 10.1. The van der Waals surface area contributed by atoms with Gasteiger partial charge in [0.2, 0.25) is 0 Å². The number of rotatable bonds is 8. The number of thiazole rings is 1. The molecule has 0 spiro atoms. The van der Waals surface area contributed by atoms with Crippen LogP contribution in [0.5, 0.6) is 5.75 Å². The zero-order chi connectivity index (χ0) is 27.0. The molecule has 1 aliphatic rings. The molecule has 200 valence electrons. The normalized spacial score (nSPS) is 14.0. The third kappa shape index (κ3) is 5.26. The number of fused-ring (bicyclic) bond motifs is 1. The van der Waals surface area contributed by atoms with Gasteiger partial charge in [0.15, 0.2) is 5.82 Å². The van der Waals surface area contributed by atoms with Crippen molar-refractivity contribution in [3.63, 3.8) is 0 Å². The van der Waals surface area contributed by atoms with Crippen LogP contribution in [0.2, 0.25) is 5.02 Å². The summed E-state index contributed by atoms with van der Waals surface area (Å²) in [6, 6.07) is 5.36. The molecule has 9 nitrogen and oxygen atoms in total. The molecule has 0 amide bonds. The van der Waals surface area contributed by atoms with E-state index in [1.807, 2.05) is 33.8 Å². The van der Waals surface area contributed by atoms with Crippen molar-refractivity contribution in [3.8, 4) is 28.4 Å². The van der Waals surface area contributed by atoms with Gasteiger partial charge in [0.1, 0.15) is 30.0 Å². The Morgan fingerprint density at radius 2 is 2.03 bits per heavy atom. The first-order chi connectivity index (χ1) is 18.2. The van der Waals surface area contributed by atoms with Gasteiger partial charge < -0.3 is 24.6 Å². The van der Waals surface area contributed by atoms with Crippen molar-refractivity contribution in [2.75, 3.05) is 31.6 Å². The molecule has 0 fully saturated rings. The number of hydrogen-bond donors (Lipinski definition) is 2. The molecule has 0 saturated heterocycles. The monoisotopic (exact) mass is 554 g/mol. The molecule has 0 saturated carbocycles. The molecule has 11 heteroatoms. The van der Waals surface area contributed by atoms with Gasteiger partial charge in [-0.1, -0.05) is 16.8 Å². The number of anilines is 1. The number of ether oxygens (including phenoxy) is 1. The zero-order valence-corrected chi connectivity index (χ0v) is 23.7. The second-order valence-electron chi connectivity index (χ2n) is 9.48. The van der Waals surface area contributed by atoms with Crippen LogP contribution in [0.1, 0.15) is 32.6 Å². The minimum absolute atomic E-state index is 0.149. The Morgan fingerprint density at radius 3 is 2.76 bits per heavy atom. The van der Waals surface area contributed by atoms with E-state index in [0.29, 0.717) is 34.5 Å².